The molecule has 1 saturated heterocycles. The van der Waals surface area contributed by atoms with Crippen LogP contribution in [-0.4, -0.2) is 40.5 Å². The molecule has 120 valence electrons. The Morgan fingerprint density at radius 3 is 2.82 bits per heavy atom. The molecule has 0 saturated carbocycles. The zero-order valence-corrected chi connectivity index (χ0v) is 13.2. The van der Waals surface area contributed by atoms with Crippen molar-refractivity contribution in [1.29, 1.82) is 0 Å². The van der Waals surface area contributed by atoms with Gasteiger partial charge in [0.1, 0.15) is 6.04 Å². The Kier molecular flexibility index (Phi) is 4.18. The summed E-state index contributed by atoms with van der Waals surface area (Å²) in [6.45, 7) is 4.45. The average molecular weight is 305 g/mol. The Morgan fingerprint density at radius 2 is 2.05 bits per heavy atom. The van der Waals surface area contributed by atoms with Crippen molar-refractivity contribution in [3.63, 3.8) is 0 Å². The van der Waals surface area contributed by atoms with Crippen molar-refractivity contribution in [3.8, 4) is 0 Å². The van der Waals surface area contributed by atoms with Crippen molar-refractivity contribution in [2.75, 3.05) is 6.54 Å². The number of carbonyl (C=O) groups is 2. The number of amides is 2. The number of nitrogens with one attached hydrogen (secondary N) is 1. The number of aryl methyl sites for hydroxylation is 1. The summed E-state index contributed by atoms with van der Waals surface area (Å²) in [4.78, 5) is 26.7. The van der Waals surface area contributed by atoms with Crippen LogP contribution in [0.5, 0.6) is 0 Å². The zero-order valence-electron chi connectivity index (χ0n) is 13.2. The molecule has 1 N–H and O–H groups in total. The predicted octanol–water partition coefficient (Wildman–Crippen LogP) is 1.68. The Bertz CT molecular complexity index is 579. The summed E-state index contributed by atoms with van der Waals surface area (Å²) in [5.41, 5.74) is 1.86. The second kappa shape index (κ2) is 6.10. The van der Waals surface area contributed by atoms with Gasteiger partial charge in [-0.15, -0.1) is 0 Å². The molecule has 3 rings (SSSR count). The molecule has 2 aliphatic rings. The molecule has 1 aromatic rings. The Labute approximate surface area is 130 Å². The molecule has 1 aliphatic carbocycles. The number of aromatic nitrogens is 1. The molecule has 1 fully saturated rings. The highest BCUT2D eigenvalue weighted by atomic mass is 16.5. The topological polar surface area (TPSA) is 75.4 Å². The molecule has 1 aliphatic heterocycles. The number of carbonyl (C=O) groups excluding carboxylic acids is 2. The van der Waals surface area contributed by atoms with E-state index in [9.17, 15) is 9.59 Å². The van der Waals surface area contributed by atoms with E-state index in [0.717, 1.165) is 43.4 Å². The highest BCUT2D eigenvalue weighted by Gasteiger charge is 2.37. The molecule has 22 heavy (non-hydrogen) atoms. The van der Waals surface area contributed by atoms with Crippen LogP contribution in [0.1, 0.15) is 61.3 Å². The van der Waals surface area contributed by atoms with Gasteiger partial charge >= 0.3 is 0 Å². The van der Waals surface area contributed by atoms with Gasteiger partial charge in [0.15, 0.2) is 0 Å². The van der Waals surface area contributed by atoms with Gasteiger partial charge in [-0.25, -0.2) is 0 Å². The number of likely N-dealkylation sites (tertiary alicyclic amines) is 1. The molecular formula is C16H23N3O3. The third kappa shape index (κ3) is 2.74. The fraction of sp³-hybridized carbons (Fsp3) is 0.688. The standard InChI is InChI=1S/C16H23N3O3/c1-10(2)17-15(20)13-8-5-9-19(13)16(21)14-11-6-3-4-7-12(11)18-22-14/h10,13H,3-9H2,1-2H3,(H,17,20)/t13-/m1/s1. The van der Waals surface area contributed by atoms with E-state index >= 15 is 0 Å². The number of hydrogen-bond donors (Lipinski definition) is 1. The molecular weight excluding hydrogens is 282 g/mol. The lowest BCUT2D eigenvalue weighted by Crippen LogP contribution is -2.47. The summed E-state index contributed by atoms with van der Waals surface area (Å²) in [7, 11) is 0. The maximum atomic E-state index is 12.8. The molecule has 0 aromatic carbocycles. The third-order valence-electron chi connectivity index (χ3n) is 4.40. The first-order chi connectivity index (χ1) is 10.6. The molecule has 0 spiro atoms. The van der Waals surface area contributed by atoms with E-state index in [-0.39, 0.29) is 23.9 Å². The van der Waals surface area contributed by atoms with Gasteiger partial charge in [-0.1, -0.05) is 5.16 Å². The zero-order chi connectivity index (χ0) is 15.7. The van der Waals surface area contributed by atoms with Gasteiger partial charge in [0, 0.05) is 18.2 Å². The van der Waals surface area contributed by atoms with E-state index in [0.29, 0.717) is 18.7 Å². The van der Waals surface area contributed by atoms with Gasteiger partial charge in [-0.2, -0.15) is 0 Å². The van der Waals surface area contributed by atoms with Crippen LogP contribution >= 0.6 is 0 Å². The van der Waals surface area contributed by atoms with E-state index in [2.05, 4.69) is 10.5 Å². The molecule has 2 amide bonds. The molecule has 6 heteroatoms. The monoisotopic (exact) mass is 305 g/mol. The lowest BCUT2D eigenvalue weighted by atomic mass is 9.96. The van der Waals surface area contributed by atoms with Crippen LogP contribution in [0.4, 0.5) is 0 Å². The van der Waals surface area contributed by atoms with E-state index in [1.54, 1.807) is 4.90 Å². The fourth-order valence-electron chi connectivity index (χ4n) is 3.35. The summed E-state index contributed by atoms with van der Waals surface area (Å²) in [6, 6.07) is -0.317. The van der Waals surface area contributed by atoms with Crippen LogP contribution in [0.25, 0.3) is 0 Å². The molecule has 0 unspecified atom stereocenters. The summed E-state index contributed by atoms with van der Waals surface area (Å²) in [5.74, 6) is 0.0882. The van der Waals surface area contributed by atoms with Crippen molar-refractivity contribution in [3.05, 3.63) is 17.0 Å². The normalized spacial score (nSPS) is 21.0. The van der Waals surface area contributed by atoms with Gasteiger partial charge in [-0.3, -0.25) is 9.59 Å². The second-order valence-electron chi connectivity index (χ2n) is 6.46. The van der Waals surface area contributed by atoms with Gasteiger partial charge in [0.05, 0.1) is 5.69 Å². The van der Waals surface area contributed by atoms with Crippen LogP contribution in [0.2, 0.25) is 0 Å². The maximum absolute atomic E-state index is 12.8. The molecule has 1 aromatic heterocycles. The average Bonchev–Trinajstić information content (AvgIpc) is 3.13. The van der Waals surface area contributed by atoms with Gasteiger partial charge < -0.3 is 14.7 Å². The van der Waals surface area contributed by atoms with Crippen LogP contribution in [-0.2, 0) is 17.6 Å². The Balaban J connectivity index is 1.79. The Morgan fingerprint density at radius 1 is 1.27 bits per heavy atom. The predicted molar refractivity (Wildman–Crippen MR) is 80.5 cm³/mol. The van der Waals surface area contributed by atoms with Crippen molar-refractivity contribution < 1.29 is 14.1 Å². The number of fused-ring (bicyclic) bond motifs is 1. The SMILES string of the molecule is CC(C)NC(=O)[C@H]1CCCN1C(=O)c1onc2c1CCCC2. The van der Waals surface area contributed by atoms with Crippen molar-refractivity contribution >= 4 is 11.8 Å². The first-order valence-electron chi connectivity index (χ1n) is 8.16. The minimum atomic E-state index is -0.390. The molecule has 2 heterocycles. The molecule has 0 radical (unpaired) electrons. The highest BCUT2D eigenvalue weighted by molar-refractivity contribution is 5.97. The van der Waals surface area contributed by atoms with E-state index in [1.165, 1.54) is 0 Å². The number of hydrogen-bond acceptors (Lipinski definition) is 4. The lowest BCUT2D eigenvalue weighted by molar-refractivity contribution is -0.125. The van der Waals surface area contributed by atoms with Crippen molar-refractivity contribution in [2.45, 2.75) is 64.5 Å². The quantitative estimate of drug-likeness (QED) is 0.922. The second-order valence-corrected chi connectivity index (χ2v) is 6.46. The first kappa shape index (κ1) is 15.1. The van der Waals surface area contributed by atoms with Crippen LogP contribution in [0.15, 0.2) is 4.52 Å². The van der Waals surface area contributed by atoms with Gasteiger partial charge in [0.25, 0.3) is 5.91 Å². The molecule has 6 nitrogen and oxygen atoms in total. The lowest BCUT2D eigenvalue weighted by Gasteiger charge is -2.24. The van der Waals surface area contributed by atoms with Crippen LogP contribution in [0, 0.1) is 0 Å². The van der Waals surface area contributed by atoms with Crippen LogP contribution in [0.3, 0.4) is 0 Å². The highest BCUT2D eigenvalue weighted by Crippen LogP contribution is 2.27. The van der Waals surface area contributed by atoms with Crippen LogP contribution < -0.4 is 5.32 Å². The smallest absolute Gasteiger partial charge is 0.293 e. The largest absolute Gasteiger partial charge is 0.352 e. The van der Waals surface area contributed by atoms with E-state index in [4.69, 9.17) is 4.52 Å². The van der Waals surface area contributed by atoms with Crippen molar-refractivity contribution in [1.82, 2.24) is 15.4 Å². The summed E-state index contributed by atoms with van der Waals surface area (Å²) in [5, 5.41) is 6.94. The summed E-state index contributed by atoms with van der Waals surface area (Å²) in [6.07, 6.45) is 5.43. The Hall–Kier alpha value is -1.85. The number of rotatable bonds is 3. The minimum Gasteiger partial charge on any atom is -0.352 e. The van der Waals surface area contributed by atoms with E-state index < -0.39 is 0 Å². The van der Waals surface area contributed by atoms with Crippen molar-refractivity contribution in [2.24, 2.45) is 0 Å². The first-order valence-corrected chi connectivity index (χ1v) is 8.16. The minimum absolute atomic E-state index is 0.0723. The van der Waals surface area contributed by atoms with E-state index in [1.807, 2.05) is 13.8 Å². The summed E-state index contributed by atoms with van der Waals surface area (Å²) >= 11 is 0. The molecule has 1 atom stereocenters. The maximum Gasteiger partial charge on any atom is 0.293 e. The van der Waals surface area contributed by atoms with Gasteiger partial charge in [0.2, 0.25) is 11.7 Å². The molecule has 0 bridgehead atoms. The fourth-order valence-corrected chi connectivity index (χ4v) is 3.35. The summed E-state index contributed by atoms with van der Waals surface area (Å²) < 4.78 is 5.33. The van der Waals surface area contributed by atoms with Gasteiger partial charge in [-0.05, 0) is 52.4 Å². The third-order valence-corrected chi connectivity index (χ3v) is 4.40. The number of nitrogens with zero attached hydrogens (tertiary/aromatic N) is 2.